The van der Waals surface area contributed by atoms with Crippen molar-refractivity contribution in [2.45, 2.75) is 69.7 Å². The number of piperidine rings is 1. The molecular weight excluding hydrogens is 757 g/mol. The highest BCUT2D eigenvalue weighted by atomic mass is 16.7. The van der Waals surface area contributed by atoms with Gasteiger partial charge in [0.25, 0.3) is 5.91 Å². The fraction of sp³-hybridized carbons (Fsp3) is 0.543. The van der Waals surface area contributed by atoms with Crippen molar-refractivity contribution in [2.24, 2.45) is 11.8 Å². The van der Waals surface area contributed by atoms with Gasteiger partial charge in [-0.3, -0.25) is 9.69 Å². The van der Waals surface area contributed by atoms with Gasteiger partial charge in [0, 0.05) is 38.0 Å². The quantitative estimate of drug-likeness (QED) is 0.172. The van der Waals surface area contributed by atoms with Crippen molar-refractivity contribution >= 4 is 5.91 Å². The van der Waals surface area contributed by atoms with Gasteiger partial charge in [-0.05, 0) is 108 Å². The second-order valence-electron chi connectivity index (χ2n) is 16.0. The lowest BCUT2D eigenvalue weighted by atomic mass is 9.72. The minimum atomic E-state index is -0.692. The number of carbonyl (C=O) groups excluding carboxylic acids is 1. The monoisotopic (exact) mass is 814 g/mol. The van der Waals surface area contributed by atoms with Crippen LogP contribution in [-0.4, -0.2) is 108 Å². The van der Waals surface area contributed by atoms with Gasteiger partial charge >= 0.3 is 0 Å². The second-order valence-corrected chi connectivity index (χ2v) is 16.0. The van der Waals surface area contributed by atoms with E-state index in [9.17, 15) is 5.11 Å². The highest BCUT2D eigenvalue weighted by molar-refractivity contribution is 5.92. The third kappa shape index (κ3) is 8.39. The fourth-order valence-corrected chi connectivity index (χ4v) is 9.90. The molecule has 0 aromatic heterocycles. The Bertz CT molecular complexity index is 2000. The molecule has 3 aromatic rings. The van der Waals surface area contributed by atoms with Crippen LogP contribution in [0.5, 0.6) is 34.5 Å². The van der Waals surface area contributed by atoms with Crippen LogP contribution in [0.3, 0.4) is 0 Å². The molecule has 0 radical (unpaired) electrons. The van der Waals surface area contributed by atoms with E-state index >= 15 is 4.79 Å². The molecule has 5 aliphatic heterocycles. The van der Waals surface area contributed by atoms with Gasteiger partial charge in [-0.15, -0.1) is 0 Å². The Hall–Kier alpha value is -4.69. The summed E-state index contributed by atoms with van der Waals surface area (Å²) in [5.41, 5.74) is 5.82. The summed E-state index contributed by atoms with van der Waals surface area (Å²) >= 11 is 0. The summed E-state index contributed by atoms with van der Waals surface area (Å²) in [5.74, 6) is 4.88. The summed E-state index contributed by atoms with van der Waals surface area (Å²) in [5, 5.41) is 9.18. The molecule has 318 valence electrons. The number of aliphatic hydroxyl groups excluding tert-OH is 1. The molecule has 5 heterocycles. The summed E-state index contributed by atoms with van der Waals surface area (Å²) in [6.07, 6.45) is 6.15. The van der Waals surface area contributed by atoms with Gasteiger partial charge in [-0.1, -0.05) is 19.4 Å². The molecule has 0 spiro atoms. The molecule has 8 rings (SSSR count). The average molecular weight is 815 g/mol. The molecule has 6 atom stereocenters. The number of allylic oxidation sites excluding steroid dienone is 1. The van der Waals surface area contributed by atoms with Gasteiger partial charge in [0.05, 0.1) is 60.9 Å². The van der Waals surface area contributed by atoms with Gasteiger partial charge in [-0.25, -0.2) is 0 Å². The molecule has 59 heavy (non-hydrogen) atoms. The Morgan fingerprint density at radius 2 is 1.49 bits per heavy atom. The summed E-state index contributed by atoms with van der Waals surface area (Å²) in [7, 11) is 6.70. The molecule has 13 nitrogen and oxygen atoms in total. The van der Waals surface area contributed by atoms with Crippen molar-refractivity contribution < 1.29 is 52.5 Å². The SMILES string of the molecule is CC[C@H]1CN2CCc3cc(OC)c(OC)cc3[C@@H]2C[C@@H]1C[C@@H]1c2cc(OC)c(OC)cc2CCN1C(=O)C1=C[C@H](c2ccc3c(c2)OCO3)C[C@H](OCCOCCO)O1. The van der Waals surface area contributed by atoms with Crippen LogP contribution in [0, 0.1) is 11.8 Å². The largest absolute Gasteiger partial charge is 0.493 e. The standard InChI is InChI=1S/C46H58N2O11/c1-6-28-26-47-11-9-30-20-39(51-2)41(53-4)24-34(30)36(47)17-32(28)18-37-35-25-42(54-5)40(52-3)21-31(35)10-12-48(37)46(50)44-22-33(23-45(59-44)56-16-15-55-14-13-49)29-7-8-38-43(19-29)58-27-57-38/h7-8,19-22,24-25,28,32-33,36-37,45,49H,6,9-18,23,26-27H2,1-5H3/t28-,32+,33-,36-,37+,45+/m0/s1. The summed E-state index contributed by atoms with van der Waals surface area (Å²) in [6.45, 7) is 5.67. The van der Waals surface area contributed by atoms with Gasteiger partial charge in [0.1, 0.15) is 0 Å². The number of amides is 1. The molecular formula is C46H58N2O11. The van der Waals surface area contributed by atoms with E-state index in [-0.39, 0.29) is 56.3 Å². The number of hydrogen-bond donors (Lipinski definition) is 1. The molecule has 13 heteroatoms. The first-order chi connectivity index (χ1) is 28.9. The highest BCUT2D eigenvalue weighted by Crippen LogP contribution is 2.50. The lowest BCUT2D eigenvalue weighted by Gasteiger charge is -2.49. The van der Waals surface area contributed by atoms with Gasteiger partial charge in [0.2, 0.25) is 13.1 Å². The van der Waals surface area contributed by atoms with Crippen LogP contribution in [0.15, 0.2) is 54.3 Å². The lowest BCUT2D eigenvalue weighted by molar-refractivity contribution is -0.158. The van der Waals surface area contributed by atoms with Crippen LogP contribution < -0.4 is 28.4 Å². The van der Waals surface area contributed by atoms with Gasteiger partial charge in [0.15, 0.2) is 40.3 Å². The van der Waals surface area contributed by atoms with Crippen LogP contribution in [0.1, 0.15) is 78.4 Å². The van der Waals surface area contributed by atoms with Crippen LogP contribution in [0.25, 0.3) is 0 Å². The average Bonchev–Trinajstić information content (AvgIpc) is 3.75. The maximum atomic E-state index is 15.2. The molecule has 0 unspecified atom stereocenters. The molecule has 0 saturated carbocycles. The van der Waals surface area contributed by atoms with Gasteiger partial charge < -0.3 is 52.6 Å². The Labute approximate surface area is 347 Å². The zero-order chi connectivity index (χ0) is 41.0. The smallest absolute Gasteiger partial charge is 0.289 e. The van der Waals surface area contributed by atoms with E-state index < -0.39 is 6.29 Å². The minimum absolute atomic E-state index is 0.0671. The number of nitrogens with zero attached hydrogens (tertiary/aromatic N) is 2. The summed E-state index contributed by atoms with van der Waals surface area (Å²) in [4.78, 5) is 19.8. The van der Waals surface area contributed by atoms with Crippen molar-refractivity contribution in [3.05, 3.63) is 82.1 Å². The number of ether oxygens (including phenoxy) is 9. The van der Waals surface area contributed by atoms with E-state index in [1.165, 1.54) is 11.1 Å². The molecule has 1 N–H and O–H groups in total. The molecule has 1 fully saturated rings. The maximum absolute atomic E-state index is 15.2. The molecule has 1 saturated heterocycles. The normalized spacial score (nSPS) is 24.6. The summed E-state index contributed by atoms with van der Waals surface area (Å²) in [6, 6.07) is 14.4. The third-order valence-electron chi connectivity index (χ3n) is 12.9. The third-order valence-corrected chi connectivity index (χ3v) is 12.9. The van der Waals surface area contributed by atoms with Crippen LogP contribution >= 0.6 is 0 Å². The first-order valence-corrected chi connectivity index (χ1v) is 21.0. The van der Waals surface area contributed by atoms with Crippen LogP contribution in [0.2, 0.25) is 0 Å². The van der Waals surface area contributed by atoms with Crippen molar-refractivity contribution in [3.63, 3.8) is 0 Å². The lowest BCUT2D eigenvalue weighted by Crippen LogP contribution is -2.48. The zero-order valence-electron chi connectivity index (χ0n) is 34.9. The van der Waals surface area contributed by atoms with Crippen LogP contribution in [0.4, 0.5) is 0 Å². The van der Waals surface area contributed by atoms with E-state index in [2.05, 4.69) is 36.1 Å². The van der Waals surface area contributed by atoms with Crippen molar-refractivity contribution in [2.75, 3.05) is 81.3 Å². The maximum Gasteiger partial charge on any atom is 0.289 e. The Kier molecular flexibility index (Phi) is 12.7. The van der Waals surface area contributed by atoms with E-state index in [1.807, 2.05) is 29.2 Å². The minimum Gasteiger partial charge on any atom is -0.493 e. The number of aliphatic hydroxyl groups is 1. The van der Waals surface area contributed by atoms with Crippen molar-refractivity contribution in [1.29, 1.82) is 0 Å². The fourth-order valence-electron chi connectivity index (χ4n) is 9.90. The van der Waals surface area contributed by atoms with E-state index in [0.717, 1.165) is 67.0 Å². The number of methoxy groups -OCH3 is 4. The van der Waals surface area contributed by atoms with Crippen molar-refractivity contribution in [3.8, 4) is 34.5 Å². The van der Waals surface area contributed by atoms with E-state index in [1.54, 1.807) is 28.4 Å². The van der Waals surface area contributed by atoms with E-state index in [0.29, 0.717) is 60.8 Å². The molecule has 3 aromatic carbocycles. The number of fused-ring (bicyclic) bond motifs is 5. The predicted molar refractivity (Wildman–Crippen MR) is 219 cm³/mol. The number of rotatable bonds is 15. The van der Waals surface area contributed by atoms with Crippen molar-refractivity contribution in [1.82, 2.24) is 9.80 Å². The summed E-state index contributed by atoms with van der Waals surface area (Å²) < 4.78 is 52.5. The number of carbonyl (C=O) groups is 1. The predicted octanol–water partition coefficient (Wildman–Crippen LogP) is 6.35. The van der Waals surface area contributed by atoms with Crippen LogP contribution in [-0.2, 0) is 31.8 Å². The molecule has 1 amide bonds. The molecule has 0 aliphatic carbocycles. The Morgan fingerprint density at radius 3 is 2.22 bits per heavy atom. The zero-order valence-corrected chi connectivity index (χ0v) is 34.9. The molecule has 0 bridgehead atoms. The second kappa shape index (κ2) is 18.3. The Morgan fingerprint density at radius 1 is 0.797 bits per heavy atom. The highest BCUT2D eigenvalue weighted by Gasteiger charge is 2.43. The number of benzene rings is 3. The van der Waals surface area contributed by atoms with Gasteiger partial charge in [-0.2, -0.15) is 0 Å². The first-order valence-electron chi connectivity index (χ1n) is 21.0. The van der Waals surface area contributed by atoms with E-state index in [4.69, 9.17) is 42.6 Å². The topological polar surface area (TPSA) is 127 Å². The first kappa shape index (κ1) is 41.1. The molecule has 5 aliphatic rings. The number of hydrogen-bond acceptors (Lipinski definition) is 12. The Balaban J connectivity index is 1.13.